The van der Waals surface area contributed by atoms with Gasteiger partial charge in [-0.15, -0.1) is 0 Å². The molecule has 0 unspecified atom stereocenters. The zero-order valence-electron chi connectivity index (χ0n) is 18.5. The normalized spacial score (nSPS) is 12.6. The number of methoxy groups -OCH3 is 2. The van der Waals surface area contributed by atoms with Crippen molar-refractivity contribution >= 4 is 5.91 Å². The van der Waals surface area contributed by atoms with Crippen molar-refractivity contribution in [2.75, 3.05) is 20.8 Å². The zero-order valence-corrected chi connectivity index (χ0v) is 18.5. The number of aryl methyl sites for hydroxylation is 1. The van der Waals surface area contributed by atoms with Gasteiger partial charge < -0.3 is 14.8 Å². The van der Waals surface area contributed by atoms with Crippen LogP contribution in [-0.2, 0) is 4.79 Å². The third-order valence-electron chi connectivity index (χ3n) is 5.29. The summed E-state index contributed by atoms with van der Waals surface area (Å²) in [5, 5.41) is 6.46. The van der Waals surface area contributed by atoms with Crippen LogP contribution in [0.2, 0.25) is 0 Å². The molecule has 0 bridgehead atoms. The second kappa shape index (κ2) is 10.6. The molecule has 2 atom stereocenters. The molecule has 0 aromatic heterocycles. The number of rotatable bonds is 9. The van der Waals surface area contributed by atoms with Gasteiger partial charge in [-0.2, -0.15) is 0 Å². The topological polar surface area (TPSA) is 59.6 Å². The lowest BCUT2D eigenvalue weighted by Gasteiger charge is -2.22. The molecule has 0 aliphatic rings. The van der Waals surface area contributed by atoms with Gasteiger partial charge in [-0.05, 0) is 43.2 Å². The first-order valence-electron chi connectivity index (χ1n) is 10.4. The highest BCUT2D eigenvalue weighted by atomic mass is 16.5. The van der Waals surface area contributed by atoms with Crippen LogP contribution in [0.25, 0.3) is 0 Å². The molecule has 5 nitrogen and oxygen atoms in total. The van der Waals surface area contributed by atoms with E-state index >= 15 is 0 Å². The molecule has 3 aromatic rings. The van der Waals surface area contributed by atoms with E-state index < -0.39 is 0 Å². The summed E-state index contributed by atoms with van der Waals surface area (Å²) in [7, 11) is 3.24. The largest absolute Gasteiger partial charge is 0.497 e. The van der Waals surface area contributed by atoms with Crippen molar-refractivity contribution in [3.8, 4) is 11.5 Å². The van der Waals surface area contributed by atoms with E-state index in [1.165, 1.54) is 5.56 Å². The lowest BCUT2D eigenvalue weighted by Crippen LogP contribution is -2.37. The second-order valence-electron chi connectivity index (χ2n) is 7.53. The molecular formula is C26H30N2O3. The van der Waals surface area contributed by atoms with E-state index in [0.29, 0.717) is 5.75 Å². The molecule has 0 spiro atoms. The SMILES string of the molecule is COc1ccc(OC)c([C@@H](C)NC(=O)CN[C@@H](c2ccccc2)c2ccc(C)cc2)c1. The average molecular weight is 419 g/mol. The number of hydrogen-bond acceptors (Lipinski definition) is 4. The number of carbonyl (C=O) groups excluding carboxylic acids is 1. The molecule has 0 saturated heterocycles. The molecule has 0 heterocycles. The van der Waals surface area contributed by atoms with E-state index in [2.05, 4.69) is 54.0 Å². The number of benzene rings is 3. The minimum Gasteiger partial charge on any atom is -0.497 e. The smallest absolute Gasteiger partial charge is 0.234 e. The molecule has 5 heteroatoms. The molecule has 2 N–H and O–H groups in total. The fraction of sp³-hybridized carbons (Fsp3) is 0.269. The van der Waals surface area contributed by atoms with E-state index in [0.717, 1.165) is 22.4 Å². The van der Waals surface area contributed by atoms with Gasteiger partial charge in [-0.3, -0.25) is 10.1 Å². The van der Waals surface area contributed by atoms with Crippen LogP contribution in [0.4, 0.5) is 0 Å². The van der Waals surface area contributed by atoms with Crippen molar-refractivity contribution in [2.24, 2.45) is 0 Å². The number of amides is 1. The number of nitrogens with one attached hydrogen (secondary N) is 2. The summed E-state index contributed by atoms with van der Waals surface area (Å²) in [6, 6.07) is 23.8. The Morgan fingerprint density at radius 2 is 1.58 bits per heavy atom. The highest BCUT2D eigenvalue weighted by molar-refractivity contribution is 5.78. The van der Waals surface area contributed by atoms with Gasteiger partial charge in [0.15, 0.2) is 0 Å². The van der Waals surface area contributed by atoms with Gasteiger partial charge in [0.25, 0.3) is 0 Å². The standard InChI is InChI=1S/C26H30N2O3/c1-18-10-12-21(13-11-18)26(20-8-6-5-7-9-20)27-17-25(29)28-19(2)23-16-22(30-3)14-15-24(23)31-4/h5-16,19,26-27H,17H2,1-4H3,(H,28,29)/t19-,26+/m1/s1. The van der Waals surface area contributed by atoms with Crippen molar-refractivity contribution in [1.82, 2.24) is 10.6 Å². The Labute approximate surface area is 184 Å². The summed E-state index contributed by atoms with van der Waals surface area (Å²) >= 11 is 0. The van der Waals surface area contributed by atoms with Gasteiger partial charge in [-0.1, -0.05) is 60.2 Å². The number of carbonyl (C=O) groups is 1. The predicted octanol–water partition coefficient (Wildman–Crippen LogP) is 4.57. The summed E-state index contributed by atoms with van der Waals surface area (Å²) in [5.41, 5.74) is 4.30. The summed E-state index contributed by atoms with van der Waals surface area (Å²) < 4.78 is 10.8. The van der Waals surface area contributed by atoms with Gasteiger partial charge in [0.05, 0.1) is 32.8 Å². The van der Waals surface area contributed by atoms with Gasteiger partial charge >= 0.3 is 0 Å². The summed E-state index contributed by atoms with van der Waals surface area (Å²) in [5.74, 6) is 1.34. The van der Waals surface area contributed by atoms with Crippen LogP contribution in [-0.4, -0.2) is 26.7 Å². The van der Waals surface area contributed by atoms with Crippen LogP contribution in [0.1, 0.15) is 41.3 Å². The van der Waals surface area contributed by atoms with Gasteiger partial charge in [-0.25, -0.2) is 0 Å². The lowest BCUT2D eigenvalue weighted by molar-refractivity contribution is -0.121. The van der Waals surface area contributed by atoms with Crippen LogP contribution in [0.15, 0.2) is 72.8 Å². The summed E-state index contributed by atoms with van der Waals surface area (Å²) in [6.07, 6.45) is 0. The molecule has 0 fully saturated rings. The van der Waals surface area contributed by atoms with Crippen LogP contribution < -0.4 is 20.1 Å². The van der Waals surface area contributed by atoms with Crippen molar-refractivity contribution in [2.45, 2.75) is 25.9 Å². The second-order valence-corrected chi connectivity index (χ2v) is 7.53. The lowest BCUT2D eigenvalue weighted by atomic mass is 9.98. The molecule has 0 aliphatic heterocycles. The number of hydrogen-bond donors (Lipinski definition) is 2. The molecule has 162 valence electrons. The quantitative estimate of drug-likeness (QED) is 0.534. The molecule has 0 aliphatic carbocycles. The van der Waals surface area contributed by atoms with Crippen LogP contribution in [0.3, 0.4) is 0 Å². The Morgan fingerprint density at radius 3 is 2.23 bits per heavy atom. The molecular weight excluding hydrogens is 388 g/mol. The minimum atomic E-state index is -0.228. The highest BCUT2D eigenvalue weighted by Crippen LogP contribution is 2.29. The molecule has 1 amide bonds. The van der Waals surface area contributed by atoms with Gasteiger partial charge in [0.1, 0.15) is 11.5 Å². The van der Waals surface area contributed by atoms with E-state index in [-0.39, 0.29) is 24.5 Å². The molecule has 0 radical (unpaired) electrons. The Hall–Kier alpha value is -3.31. The van der Waals surface area contributed by atoms with Crippen LogP contribution in [0.5, 0.6) is 11.5 Å². The predicted molar refractivity (Wildman–Crippen MR) is 124 cm³/mol. The molecule has 3 rings (SSSR count). The average Bonchev–Trinajstić information content (AvgIpc) is 2.80. The van der Waals surface area contributed by atoms with Gasteiger partial charge in [0.2, 0.25) is 5.91 Å². The Morgan fingerprint density at radius 1 is 0.903 bits per heavy atom. The van der Waals surface area contributed by atoms with Crippen molar-refractivity contribution in [3.63, 3.8) is 0 Å². The zero-order chi connectivity index (χ0) is 22.2. The van der Waals surface area contributed by atoms with Crippen LogP contribution in [0, 0.1) is 6.92 Å². The molecule has 0 saturated carbocycles. The van der Waals surface area contributed by atoms with Crippen molar-refractivity contribution in [1.29, 1.82) is 0 Å². The van der Waals surface area contributed by atoms with Crippen LogP contribution >= 0.6 is 0 Å². The molecule has 3 aromatic carbocycles. The van der Waals surface area contributed by atoms with Crippen molar-refractivity contribution < 1.29 is 14.3 Å². The van der Waals surface area contributed by atoms with E-state index in [1.807, 2.05) is 43.3 Å². The van der Waals surface area contributed by atoms with E-state index in [4.69, 9.17) is 9.47 Å². The van der Waals surface area contributed by atoms with E-state index in [1.54, 1.807) is 14.2 Å². The summed E-state index contributed by atoms with van der Waals surface area (Å²) in [6.45, 7) is 4.18. The fourth-order valence-corrected chi connectivity index (χ4v) is 3.58. The fourth-order valence-electron chi connectivity index (χ4n) is 3.58. The Balaban J connectivity index is 1.71. The summed E-state index contributed by atoms with van der Waals surface area (Å²) in [4.78, 5) is 12.8. The third-order valence-corrected chi connectivity index (χ3v) is 5.29. The first kappa shape index (κ1) is 22.4. The first-order valence-corrected chi connectivity index (χ1v) is 10.4. The highest BCUT2D eigenvalue weighted by Gasteiger charge is 2.18. The third kappa shape index (κ3) is 5.86. The number of ether oxygens (including phenoxy) is 2. The maximum absolute atomic E-state index is 12.8. The maximum atomic E-state index is 12.8. The first-order chi connectivity index (χ1) is 15.0. The van der Waals surface area contributed by atoms with Crippen molar-refractivity contribution in [3.05, 3.63) is 95.1 Å². The maximum Gasteiger partial charge on any atom is 0.234 e. The molecule has 31 heavy (non-hydrogen) atoms. The Kier molecular flexibility index (Phi) is 7.68. The Bertz CT molecular complexity index is 987. The van der Waals surface area contributed by atoms with E-state index in [9.17, 15) is 4.79 Å². The monoisotopic (exact) mass is 418 g/mol. The minimum absolute atomic E-state index is 0.0748. The van der Waals surface area contributed by atoms with Gasteiger partial charge in [0, 0.05) is 5.56 Å².